The van der Waals surface area contributed by atoms with E-state index in [0.29, 0.717) is 11.1 Å². The summed E-state index contributed by atoms with van der Waals surface area (Å²) in [6.07, 6.45) is 1.23. The van der Waals surface area contributed by atoms with Gasteiger partial charge in [-0.15, -0.1) is 10.2 Å². The molecule has 2 heterocycles. The van der Waals surface area contributed by atoms with E-state index in [9.17, 15) is 0 Å². The Morgan fingerprint density at radius 2 is 1.82 bits per heavy atom. The Hall–Kier alpha value is -0.830. The van der Waals surface area contributed by atoms with E-state index in [0.717, 1.165) is 36.0 Å². The van der Waals surface area contributed by atoms with E-state index < -0.39 is 0 Å². The van der Waals surface area contributed by atoms with Crippen LogP contribution in [0.3, 0.4) is 0 Å². The van der Waals surface area contributed by atoms with Crippen molar-refractivity contribution in [3.8, 4) is 0 Å². The molecule has 94 valence electrons. The Labute approximate surface area is 108 Å². The van der Waals surface area contributed by atoms with E-state index >= 15 is 0 Å². The van der Waals surface area contributed by atoms with Crippen LogP contribution in [0.2, 0.25) is 5.15 Å². The van der Waals surface area contributed by atoms with E-state index in [1.807, 2.05) is 6.92 Å². The minimum absolute atomic E-state index is 0.518. The Morgan fingerprint density at radius 1 is 1.12 bits per heavy atom. The number of hydrogen-bond acceptors (Lipinski definition) is 3. The molecule has 0 saturated carbocycles. The summed E-state index contributed by atoms with van der Waals surface area (Å²) in [5.41, 5.74) is 2.20. The predicted octanol–water partition coefficient (Wildman–Crippen LogP) is 3.23. The third kappa shape index (κ3) is 2.39. The zero-order valence-electron chi connectivity index (χ0n) is 11.0. The molecule has 0 N–H and O–H groups in total. The van der Waals surface area contributed by atoms with Crippen LogP contribution in [0.15, 0.2) is 0 Å². The van der Waals surface area contributed by atoms with Crippen molar-refractivity contribution in [2.45, 2.75) is 34.1 Å². The summed E-state index contributed by atoms with van der Waals surface area (Å²) in [5.74, 6) is 2.51. The summed E-state index contributed by atoms with van der Waals surface area (Å²) >= 11 is 5.98. The maximum absolute atomic E-state index is 5.98. The first-order valence-electron chi connectivity index (χ1n) is 6.25. The number of piperidine rings is 1. The molecule has 0 aromatic carbocycles. The molecular weight excluding hydrogens is 234 g/mol. The fraction of sp³-hybridized carbons (Fsp3) is 0.692. The second-order valence-corrected chi connectivity index (χ2v) is 5.61. The quantitative estimate of drug-likeness (QED) is 0.770. The molecule has 1 aliphatic rings. The molecule has 1 aliphatic heterocycles. The topological polar surface area (TPSA) is 29.0 Å². The summed E-state index contributed by atoms with van der Waals surface area (Å²) in [6, 6.07) is 0. The maximum Gasteiger partial charge on any atom is 0.155 e. The number of hydrogen-bond donors (Lipinski definition) is 0. The third-order valence-electron chi connectivity index (χ3n) is 4.07. The second-order valence-electron chi connectivity index (χ2n) is 5.25. The van der Waals surface area contributed by atoms with Crippen molar-refractivity contribution in [2.75, 3.05) is 18.0 Å². The number of halogens is 1. The fourth-order valence-electron chi connectivity index (χ4n) is 2.32. The molecule has 0 amide bonds. The first-order valence-corrected chi connectivity index (χ1v) is 6.62. The van der Waals surface area contributed by atoms with Crippen LogP contribution in [0, 0.1) is 25.7 Å². The van der Waals surface area contributed by atoms with Gasteiger partial charge in [0.05, 0.1) is 0 Å². The van der Waals surface area contributed by atoms with Crippen LogP contribution in [-0.2, 0) is 0 Å². The van der Waals surface area contributed by atoms with Crippen LogP contribution < -0.4 is 4.90 Å². The van der Waals surface area contributed by atoms with Crippen LogP contribution >= 0.6 is 11.6 Å². The maximum atomic E-state index is 5.98. The predicted molar refractivity (Wildman–Crippen MR) is 71.7 cm³/mol. The standard InChI is InChI=1S/C13H20ClN3/c1-8-5-6-17(7-9(8)2)13-11(4)10(3)12(14)15-16-13/h8-9H,5-7H2,1-4H3. The number of rotatable bonds is 1. The molecule has 1 aromatic heterocycles. The lowest BCUT2D eigenvalue weighted by molar-refractivity contribution is 0.322. The Morgan fingerprint density at radius 3 is 2.47 bits per heavy atom. The molecule has 1 fully saturated rings. The van der Waals surface area contributed by atoms with Gasteiger partial charge in [-0.05, 0) is 43.2 Å². The van der Waals surface area contributed by atoms with Gasteiger partial charge in [0.15, 0.2) is 11.0 Å². The van der Waals surface area contributed by atoms with Crippen molar-refractivity contribution >= 4 is 17.4 Å². The van der Waals surface area contributed by atoms with Gasteiger partial charge in [0.25, 0.3) is 0 Å². The molecule has 2 unspecified atom stereocenters. The molecule has 0 aliphatic carbocycles. The van der Waals surface area contributed by atoms with Gasteiger partial charge in [-0.25, -0.2) is 0 Å². The van der Waals surface area contributed by atoms with Gasteiger partial charge in [0.1, 0.15) is 0 Å². The number of nitrogens with zero attached hydrogens (tertiary/aromatic N) is 3. The molecule has 3 nitrogen and oxygen atoms in total. The zero-order chi connectivity index (χ0) is 12.6. The van der Waals surface area contributed by atoms with Crippen molar-refractivity contribution in [2.24, 2.45) is 11.8 Å². The minimum Gasteiger partial charge on any atom is -0.355 e. The van der Waals surface area contributed by atoms with Gasteiger partial charge in [-0.3, -0.25) is 0 Å². The van der Waals surface area contributed by atoms with E-state index in [2.05, 4.69) is 35.9 Å². The monoisotopic (exact) mass is 253 g/mol. The van der Waals surface area contributed by atoms with Crippen molar-refractivity contribution < 1.29 is 0 Å². The minimum atomic E-state index is 0.518. The number of anilines is 1. The lowest BCUT2D eigenvalue weighted by Gasteiger charge is -2.36. The van der Waals surface area contributed by atoms with Crippen molar-refractivity contribution in [3.05, 3.63) is 16.3 Å². The van der Waals surface area contributed by atoms with Crippen LogP contribution in [0.4, 0.5) is 5.82 Å². The SMILES string of the molecule is Cc1c(Cl)nnc(N2CCC(C)C(C)C2)c1C. The molecule has 0 spiro atoms. The molecule has 0 bridgehead atoms. The highest BCUT2D eigenvalue weighted by molar-refractivity contribution is 6.30. The van der Waals surface area contributed by atoms with Crippen LogP contribution in [0.25, 0.3) is 0 Å². The molecule has 1 aromatic rings. The molecule has 4 heteroatoms. The summed E-state index contributed by atoms with van der Waals surface area (Å²) in [4.78, 5) is 2.34. The Balaban J connectivity index is 2.26. The largest absolute Gasteiger partial charge is 0.355 e. The first-order chi connectivity index (χ1) is 8.00. The van der Waals surface area contributed by atoms with Crippen LogP contribution in [-0.4, -0.2) is 23.3 Å². The average molecular weight is 254 g/mol. The van der Waals surface area contributed by atoms with Gasteiger partial charge in [-0.2, -0.15) is 0 Å². The summed E-state index contributed by atoms with van der Waals surface area (Å²) in [7, 11) is 0. The fourth-order valence-corrected chi connectivity index (χ4v) is 2.50. The average Bonchev–Trinajstić information content (AvgIpc) is 2.30. The molecule has 0 radical (unpaired) electrons. The van der Waals surface area contributed by atoms with Gasteiger partial charge < -0.3 is 4.90 Å². The summed E-state index contributed by atoms with van der Waals surface area (Å²) in [5, 5.41) is 8.82. The highest BCUT2D eigenvalue weighted by Gasteiger charge is 2.25. The molecule has 17 heavy (non-hydrogen) atoms. The first kappa shape index (κ1) is 12.6. The molecule has 1 saturated heterocycles. The summed E-state index contributed by atoms with van der Waals surface area (Å²) in [6.45, 7) is 10.9. The molecule has 2 atom stereocenters. The van der Waals surface area contributed by atoms with Gasteiger partial charge in [0, 0.05) is 13.1 Å². The second kappa shape index (κ2) is 4.81. The van der Waals surface area contributed by atoms with Crippen LogP contribution in [0.5, 0.6) is 0 Å². The van der Waals surface area contributed by atoms with Gasteiger partial charge in [0.2, 0.25) is 0 Å². The van der Waals surface area contributed by atoms with E-state index in [1.54, 1.807) is 0 Å². The molecular formula is C13H20ClN3. The van der Waals surface area contributed by atoms with Crippen molar-refractivity contribution in [1.29, 1.82) is 0 Å². The normalized spacial score (nSPS) is 25.1. The lowest BCUT2D eigenvalue weighted by Crippen LogP contribution is -2.39. The third-order valence-corrected chi connectivity index (χ3v) is 4.43. The zero-order valence-corrected chi connectivity index (χ0v) is 11.8. The van der Waals surface area contributed by atoms with E-state index in [-0.39, 0.29) is 0 Å². The van der Waals surface area contributed by atoms with Gasteiger partial charge in [-0.1, -0.05) is 25.4 Å². The lowest BCUT2D eigenvalue weighted by atomic mass is 9.88. The Kier molecular flexibility index (Phi) is 3.57. The Bertz CT molecular complexity index is 419. The van der Waals surface area contributed by atoms with Gasteiger partial charge >= 0.3 is 0 Å². The van der Waals surface area contributed by atoms with E-state index in [4.69, 9.17) is 11.6 Å². The smallest absolute Gasteiger partial charge is 0.155 e. The van der Waals surface area contributed by atoms with E-state index in [1.165, 1.54) is 6.42 Å². The van der Waals surface area contributed by atoms with Crippen LogP contribution in [0.1, 0.15) is 31.4 Å². The summed E-state index contributed by atoms with van der Waals surface area (Å²) < 4.78 is 0. The molecule has 2 rings (SSSR count). The highest BCUT2D eigenvalue weighted by Crippen LogP contribution is 2.29. The number of aromatic nitrogens is 2. The highest BCUT2D eigenvalue weighted by atomic mass is 35.5. The van der Waals surface area contributed by atoms with Crippen molar-refractivity contribution in [1.82, 2.24) is 10.2 Å². The van der Waals surface area contributed by atoms with Crippen molar-refractivity contribution in [3.63, 3.8) is 0 Å².